The van der Waals surface area contributed by atoms with Crippen molar-refractivity contribution in [1.29, 1.82) is 5.26 Å². The van der Waals surface area contributed by atoms with Crippen LogP contribution in [0.3, 0.4) is 0 Å². The summed E-state index contributed by atoms with van der Waals surface area (Å²) in [5.41, 5.74) is 0.318. The Balaban J connectivity index is 1.97. The summed E-state index contributed by atoms with van der Waals surface area (Å²) in [6.07, 6.45) is -2.87. The molecule has 1 N–H and O–H groups in total. The highest BCUT2D eigenvalue weighted by atomic mass is 19.3. The Kier molecular flexibility index (Phi) is 4.78. The summed E-state index contributed by atoms with van der Waals surface area (Å²) in [4.78, 5) is 13.6. The van der Waals surface area contributed by atoms with Crippen LogP contribution in [0.1, 0.15) is 13.3 Å². The van der Waals surface area contributed by atoms with E-state index in [4.69, 9.17) is 5.26 Å². The molecule has 6 nitrogen and oxygen atoms in total. The van der Waals surface area contributed by atoms with E-state index >= 15 is 0 Å². The van der Waals surface area contributed by atoms with Crippen LogP contribution in [-0.4, -0.2) is 36.7 Å². The van der Waals surface area contributed by atoms with Crippen LogP contribution >= 0.6 is 0 Å². The SMILES string of the molecule is CCCN(CC#N)CC(=O)Nc1ccc2c(c1)OC(F)(F)O2. The van der Waals surface area contributed by atoms with Crippen LogP contribution in [0.25, 0.3) is 0 Å². The van der Waals surface area contributed by atoms with Gasteiger partial charge in [-0.05, 0) is 25.1 Å². The van der Waals surface area contributed by atoms with E-state index in [0.717, 1.165) is 6.42 Å². The maximum absolute atomic E-state index is 12.9. The Bertz CT molecular complexity index is 601. The standard InChI is InChI=1S/C14H15F2N3O3/c1-2-6-19(7-5-17)9-13(20)18-10-3-4-11-12(8-10)22-14(15,16)21-11/h3-4,8H,2,6-7,9H2,1H3,(H,18,20). The Labute approximate surface area is 126 Å². The first-order valence-corrected chi connectivity index (χ1v) is 6.72. The lowest BCUT2D eigenvalue weighted by Crippen LogP contribution is -2.34. The number of nitriles is 1. The molecule has 1 heterocycles. The first-order chi connectivity index (χ1) is 10.4. The Morgan fingerprint density at radius 3 is 2.82 bits per heavy atom. The third-order valence-electron chi connectivity index (χ3n) is 2.89. The number of halogens is 2. The molecule has 2 rings (SSSR count). The summed E-state index contributed by atoms with van der Waals surface area (Å²) in [7, 11) is 0. The molecule has 1 aromatic rings. The molecule has 118 valence electrons. The van der Waals surface area contributed by atoms with Crippen LogP contribution in [0.5, 0.6) is 11.5 Å². The molecule has 22 heavy (non-hydrogen) atoms. The van der Waals surface area contributed by atoms with Gasteiger partial charge in [0, 0.05) is 11.8 Å². The average Bonchev–Trinajstić information content (AvgIpc) is 2.72. The number of nitrogens with zero attached hydrogens (tertiary/aromatic N) is 2. The maximum Gasteiger partial charge on any atom is 0.586 e. The topological polar surface area (TPSA) is 74.6 Å². The van der Waals surface area contributed by atoms with Gasteiger partial charge in [0.15, 0.2) is 11.5 Å². The molecule has 8 heteroatoms. The highest BCUT2D eigenvalue weighted by Crippen LogP contribution is 2.42. The molecular weight excluding hydrogens is 296 g/mol. The molecule has 0 radical (unpaired) electrons. The van der Waals surface area contributed by atoms with Gasteiger partial charge >= 0.3 is 6.29 Å². The van der Waals surface area contributed by atoms with Crippen molar-refractivity contribution in [3.05, 3.63) is 18.2 Å². The van der Waals surface area contributed by atoms with Crippen molar-refractivity contribution in [3.8, 4) is 17.6 Å². The highest BCUT2D eigenvalue weighted by molar-refractivity contribution is 5.92. The molecule has 1 aliphatic heterocycles. The van der Waals surface area contributed by atoms with Crippen LogP contribution in [0.2, 0.25) is 0 Å². The number of fused-ring (bicyclic) bond motifs is 1. The van der Waals surface area contributed by atoms with E-state index in [1.807, 2.05) is 13.0 Å². The summed E-state index contributed by atoms with van der Waals surface area (Å²) in [5.74, 6) is -0.556. The van der Waals surface area contributed by atoms with Gasteiger partial charge in [-0.2, -0.15) is 5.26 Å². The number of hydrogen-bond donors (Lipinski definition) is 1. The zero-order valence-corrected chi connectivity index (χ0v) is 11.9. The van der Waals surface area contributed by atoms with E-state index in [0.29, 0.717) is 12.2 Å². The number of hydrogen-bond acceptors (Lipinski definition) is 5. The molecular formula is C14H15F2N3O3. The molecule has 1 aliphatic rings. The molecule has 0 bridgehead atoms. The lowest BCUT2D eigenvalue weighted by molar-refractivity contribution is -0.286. The van der Waals surface area contributed by atoms with Crippen molar-refractivity contribution in [2.24, 2.45) is 0 Å². The summed E-state index contributed by atoms with van der Waals surface area (Å²) < 4.78 is 34.4. The summed E-state index contributed by atoms with van der Waals surface area (Å²) in [6, 6.07) is 5.99. The normalized spacial score (nSPS) is 14.7. The molecule has 0 aromatic heterocycles. The van der Waals surface area contributed by atoms with Crippen molar-refractivity contribution in [1.82, 2.24) is 4.90 Å². The number of alkyl halides is 2. The third-order valence-corrected chi connectivity index (χ3v) is 2.89. The highest BCUT2D eigenvalue weighted by Gasteiger charge is 2.43. The quantitative estimate of drug-likeness (QED) is 0.815. The zero-order chi connectivity index (χ0) is 16.2. The van der Waals surface area contributed by atoms with E-state index < -0.39 is 6.29 Å². The van der Waals surface area contributed by atoms with Gasteiger partial charge in [-0.3, -0.25) is 9.69 Å². The number of carbonyl (C=O) groups is 1. The summed E-state index contributed by atoms with van der Waals surface area (Å²) in [5, 5.41) is 11.3. The molecule has 0 saturated carbocycles. The lowest BCUT2D eigenvalue weighted by atomic mass is 10.2. The summed E-state index contributed by atoms with van der Waals surface area (Å²) >= 11 is 0. The molecule has 1 amide bonds. The fraction of sp³-hybridized carbons (Fsp3) is 0.429. The van der Waals surface area contributed by atoms with E-state index in [1.54, 1.807) is 4.90 Å². The van der Waals surface area contributed by atoms with E-state index in [-0.39, 0.29) is 30.5 Å². The number of ether oxygens (including phenoxy) is 2. The minimum atomic E-state index is -3.68. The number of amides is 1. The fourth-order valence-corrected chi connectivity index (χ4v) is 2.06. The van der Waals surface area contributed by atoms with Gasteiger partial charge in [0.25, 0.3) is 0 Å². The number of benzene rings is 1. The molecule has 0 fully saturated rings. The Morgan fingerprint density at radius 1 is 1.41 bits per heavy atom. The second-order valence-electron chi connectivity index (χ2n) is 4.75. The number of nitrogens with one attached hydrogen (secondary N) is 1. The lowest BCUT2D eigenvalue weighted by Gasteiger charge is -2.17. The van der Waals surface area contributed by atoms with Gasteiger partial charge in [-0.1, -0.05) is 6.92 Å². The number of anilines is 1. The smallest absolute Gasteiger partial charge is 0.395 e. The second kappa shape index (κ2) is 6.58. The van der Waals surface area contributed by atoms with Gasteiger partial charge in [-0.25, -0.2) is 0 Å². The van der Waals surface area contributed by atoms with Crippen LogP contribution in [-0.2, 0) is 4.79 Å². The van der Waals surface area contributed by atoms with Gasteiger partial charge in [0.05, 0.1) is 19.2 Å². The fourth-order valence-electron chi connectivity index (χ4n) is 2.06. The van der Waals surface area contributed by atoms with Gasteiger partial charge in [0.2, 0.25) is 5.91 Å². The first-order valence-electron chi connectivity index (χ1n) is 6.72. The van der Waals surface area contributed by atoms with Gasteiger partial charge < -0.3 is 14.8 Å². The minimum absolute atomic E-state index is 0.0476. The van der Waals surface area contributed by atoms with Crippen molar-refractivity contribution in [3.63, 3.8) is 0 Å². The minimum Gasteiger partial charge on any atom is -0.395 e. The third kappa shape index (κ3) is 4.05. The zero-order valence-electron chi connectivity index (χ0n) is 11.9. The largest absolute Gasteiger partial charge is 0.586 e. The van der Waals surface area contributed by atoms with Crippen molar-refractivity contribution >= 4 is 11.6 Å². The first kappa shape index (κ1) is 16.0. The van der Waals surface area contributed by atoms with Crippen LogP contribution in [0.15, 0.2) is 18.2 Å². The van der Waals surface area contributed by atoms with Crippen LogP contribution in [0.4, 0.5) is 14.5 Å². The predicted molar refractivity (Wildman–Crippen MR) is 73.6 cm³/mol. The van der Waals surface area contributed by atoms with Crippen molar-refractivity contribution in [2.45, 2.75) is 19.6 Å². The summed E-state index contributed by atoms with van der Waals surface area (Å²) in [6.45, 7) is 2.76. The Morgan fingerprint density at radius 2 is 2.14 bits per heavy atom. The Hall–Kier alpha value is -2.40. The molecule has 1 aromatic carbocycles. The average molecular weight is 311 g/mol. The maximum atomic E-state index is 12.9. The number of carbonyl (C=O) groups excluding carboxylic acids is 1. The van der Waals surface area contributed by atoms with Crippen molar-refractivity contribution < 1.29 is 23.0 Å². The van der Waals surface area contributed by atoms with Crippen molar-refractivity contribution in [2.75, 3.05) is 25.0 Å². The van der Waals surface area contributed by atoms with Crippen LogP contribution in [0, 0.1) is 11.3 Å². The molecule has 0 atom stereocenters. The van der Waals surface area contributed by atoms with Crippen LogP contribution < -0.4 is 14.8 Å². The van der Waals surface area contributed by atoms with Gasteiger partial charge in [0.1, 0.15) is 0 Å². The molecule has 0 spiro atoms. The molecule has 0 aliphatic carbocycles. The van der Waals surface area contributed by atoms with E-state index in [2.05, 4.69) is 14.8 Å². The van der Waals surface area contributed by atoms with Gasteiger partial charge in [-0.15, -0.1) is 8.78 Å². The van der Waals surface area contributed by atoms with E-state index in [9.17, 15) is 13.6 Å². The number of rotatable bonds is 6. The van der Waals surface area contributed by atoms with E-state index in [1.165, 1.54) is 18.2 Å². The molecule has 0 saturated heterocycles. The molecule has 0 unspecified atom stereocenters. The second-order valence-corrected chi connectivity index (χ2v) is 4.75. The monoisotopic (exact) mass is 311 g/mol. The predicted octanol–water partition coefficient (Wildman–Crippen LogP) is 2.18.